The van der Waals surface area contributed by atoms with Gasteiger partial charge in [0.2, 0.25) is 0 Å². The van der Waals surface area contributed by atoms with E-state index in [0.717, 1.165) is 0 Å². The monoisotopic (exact) mass is 362 g/mol. The molecule has 0 aliphatic heterocycles. The number of hydrogen-bond acceptors (Lipinski definition) is 1. The van der Waals surface area contributed by atoms with Gasteiger partial charge in [-0.3, -0.25) is 4.79 Å². The minimum atomic E-state index is -0.203. The normalized spacial score (nSPS) is 10.4. The molecule has 0 radical (unpaired) electrons. The fraction of sp³-hybridized carbons (Fsp3) is 0. The van der Waals surface area contributed by atoms with E-state index in [1.807, 2.05) is 0 Å². The minimum Gasteiger partial charge on any atom is -0.289 e. The Kier molecular flexibility index (Phi) is 4.33. The molecule has 0 atom stereocenters. The van der Waals surface area contributed by atoms with Crippen molar-refractivity contribution in [1.29, 1.82) is 0 Å². The van der Waals surface area contributed by atoms with Crippen molar-refractivity contribution in [1.82, 2.24) is 0 Å². The van der Waals surface area contributed by atoms with Gasteiger partial charge in [-0.1, -0.05) is 34.8 Å². The third kappa shape index (κ3) is 2.89. The number of hydrogen-bond donors (Lipinski definition) is 0. The Morgan fingerprint density at radius 1 is 0.889 bits per heavy atom. The van der Waals surface area contributed by atoms with E-state index in [2.05, 4.69) is 15.9 Å². The standard InChI is InChI=1S/C13H6BrCl3O/c14-11-6-8(16)1-3-9(11)13(18)10-5-7(15)2-4-12(10)17/h1-6H. The molecule has 0 fully saturated rings. The number of ketones is 1. The first kappa shape index (κ1) is 13.9. The topological polar surface area (TPSA) is 17.1 Å². The molecule has 0 saturated carbocycles. The summed E-state index contributed by atoms with van der Waals surface area (Å²) in [5.74, 6) is -0.203. The molecule has 0 heterocycles. The zero-order valence-corrected chi connectivity index (χ0v) is 12.7. The third-order valence-electron chi connectivity index (χ3n) is 2.35. The molecular formula is C13H6BrCl3O. The smallest absolute Gasteiger partial charge is 0.195 e. The Balaban J connectivity index is 2.51. The maximum absolute atomic E-state index is 12.3. The summed E-state index contributed by atoms with van der Waals surface area (Å²) >= 11 is 21.0. The highest BCUT2D eigenvalue weighted by atomic mass is 79.9. The van der Waals surface area contributed by atoms with Crippen molar-refractivity contribution in [2.24, 2.45) is 0 Å². The average molecular weight is 364 g/mol. The molecule has 0 amide bonds. The van der Waals surface area contributed by atoms with Crippen LogP contribution in [-0.2, 0) is 0 Å². The molecule has 0 aliphatic carbocycles. The van der Waals surface area contributed by atoms with E-state index in [4.69, 9.17) is 34.8 Å². The van der Waals surface area contributed by atoms with Gasteiger partial charge in [0.15, 0.2) is 5.78 Å². The first-order chi connectivity index (χ1) is 8.49. The quantitative estimate of drug-likeness (QED) is 0.630. The lowest BCUT2D eigenvalue weighted by molar-refractivity contribution is 0.103. The number of benzene rings is 2. The van der Waals surface area contributed by atoms with Gasteiger partial charge < -0.3 is 0 Å². The van der Waals surface area contributed by atoms with Crippen LogP contribution >= 0.6 is 50.7 Å². The Hall–Kier alpha value is -0.540. The lowest BCUT2D eigenvalue weighted by Gasteiger charge is -2.06. The summed E-state index contributed by atoms with van der Waals surface area (Å²) in [7, 11) is 0. The molecule has 0 spiro atoms. The summed E-state index contributed by atoms with van der Waals surface area (Å²) in [6.45, 7) is 0. The van der Waals surface area contributed by atoms with Gasteiger partial charge in [0.25, 0.3) is 0 Å². The van der Waals surface area contributed by atoms with Crippen LogP contribution in [0, 0.1) is 0 Å². The van der Waals surface area contributed by atoms with Crippen LogP contribution in [0.5, 0.6) is 0 Å². The molecule has 18 heavy (non-hydrogen) atoms. The van der Waals surface area contributed by atoms with Gasteiger partial charge in [0.1, 0.15) is 0 Å². The highest BCUT2D eigenvalue weighted by Gasteiger charge is 2.16. The van der Waals surface area contributed by atoms with Crippen molar-refractivity contribution in [3.8, 4) is 0 Å². The summed E-state index contributed by atoms with van der Waals surface area (Å²) < 4.78 is 0.621. The van der Waals surface area contributed by atoms with Crippen LogP contribution in [0.4, 0.5) is 0 Å². The van der Waals surface area contributed by atoms with Crippen molar-refractivity contribution < 1.29 is 4.79 Å². The van der Waals surface area contributed by atoms with E-state index in [0.29, 0.717) is 30.7 Å². The van der Waals surface area contributed by atoms with E-state index in [1.54, 1.807) is 36.4 Å². The largest absolute Gasteiger partial charge is 0.289 e. The predicted octanol–water partition coefficient (Wildman–Crippen LogP) is 5.64. The van der Waals surface area contributed by atoms with Crippen molar-refractivity contribution in [3.63, 3.8) is 0 Å². The zero-order chi connectivity index (χ0) is 13.3. The Morgan fingerprint density at radius 3 is 2.17 bits per heavy atom. The molecular weight excluding hydrogens is 358 g/mol. The highest BCUT2D eigenvalue weighted by molar-refractivity contribution is 9.10. The van der Waals surface area contributed by atoms with Crippen LogP contribution in [-0.4, -0.2) is 5.78 Å². The Bertz CT molecular complexity index is 626. The van der Waals surface area contributed by atoms with E-state index >= 15 is 0 Å². The first-order valence-corrected chi connectivity index (χ1v) is 6.86. The van der Waals surface area contributed by atoms with Gasteiger partial charge in [-0.05, 0) is 52.3 Å². The van der Waals surface area contributed by atoms with Gasteiger partial charge in [0.05, 0.1) is 5.02 Å². The molecule has 5 heteroatoms. The Morgan fingerprint density at radius 2 is 1.50 bits per heavy atom. The average Bonchev–Trinajstić information content (AvgIpc) is 2.31. The number of carbonyl (C=O) groups is 1. The lowest BCUT2D eigenvalue weighted by atomic mass is 10.0. The second-order valence-corrected chi connectivity index (χ2v) is 5.71. The van der Waals surface area contributed by atoms with Crippen LogP contribution in [0.25, 0.3) is 0 Å². The van der Waals surface area contributed by atoms with Gasteiger partial charge in [-0.25, -0.2) is 0 Å². The van der Waals surface area contributed by atoms with E-state index in [1.165, 1.54) is 0 Å². The van der Waals surface area contributed by atoms with Gasteiger partial charge in [0, 0.05) is 25.6 Å². The molecule has 0 unspecified atom stereocenters. The summed E-state index contributed by atoms with van der Waals surface area (Å²) in [5, 5.41) is 1.38. The van der Waals surface area contributed by atoms with Crippen LogP contribution in [0.3, 0.4) is 0 Å². The minimum absolute atomic E-state index is 0.203. The summed E-state index contributed by atoms with van der Waals surface area (Å²) in [4.78, 5) is 12.3. The molecule has 0 bridgehead atoms. The van der Waals surface area contributed by atoms with E-state index in [9.17, 15) is 4.79 Å². The maximum atomic E-state index is 12.3. The van der Waals surface area contributed by atoms with Gasteiger partial charge >= 0.3 is 0 Å². The fourth-order valence-electron chi connectivity index (χ4n) is 1.49. The summed E-state index contributed by atoms with van der Waals surface area (Å²) in [6.07, 6.45) is 0. The highest BCUT2D eigenvalue weighted by Crippen LogP contribution is 2.28. The number of halogens is 4. The second-order valence-electron chi connectivity index (χ2n) is 3.58. The van der Waals surface area contributed by atoms with Crippen molar-refractivity contribution >= 4 is 56.5 Å². The SMILES string of the molecule is O=C(c1cc(Cl)ccc1Cl)c1ccc(Cl)cc1Br. The molecule has 0 aliphatic rings. The molecule has 0 saturated heterocycles. The van der Waals surface area contributed by atoms with E-state index in [-0.39, 0.29) is 5.78 Å². The summed E-state index contributed by atoms with van der Waals surface area (Å²) in [5.41, 5.74) is 0.857. The van der Waals surface area contributed by atoms with Crippen LogP contribution in [0.2, 0.25) is 15.1 Å². The van der Waals surface area contributed by atoms with Gasteiger partial charge in [-0.15, -0.1) is 0 Å². The second kappa shape index (κ2) is 5.62. The Labute approximate surface area is 128 Å². The molecule has 0 N–H and O–H groups in total. The molecule has 2 rings (SSSR count). The van der Waals surface area contributed by atoms with E-state index < -0.39 is 0 Å². The molecule has 1 nitrogen and oxygen atoms in total. The van der Waals surface area contributed by atoms with Gasteiger partial charge in [-0.2, -0.15) is 0 Å². The molecule has 2 aromatic carbocycles. The van der Waals surface area contributed by atoms with Crippen LogP contribution in [0.1, 0.15) is 15.9 Å². The maximum Gasteiger partial charge on any atom is 0.195 e. The van der Waals surface area contributed by atoms with Crippen LogP contribution < -0.4 is 0 Å². The summed E-state index contributed by atoms with van der Waals surface area (Å²) in [6, 6.07) is 9.74. The lowest BCUT2D eigenvalue weighted by Crippen LogP contribution is -2.03. The first-order valence-electron chi connectivity index (χ1n) is 4.94. The number of rotatable bonds is 2. The van der Waals surface area contributed by atoms with Crippen molar-refractivity contribution in [2.45, 2.75) is 0 Å². The molecule has 0 aromatic heterocycles. The number of carbonyl (C=O) groups excluding carboxylic acids is 1. The third-order valence-corrected chi connectivity index (χ3v) is 3.80. The van der Waals surface area contributed by atoms with Crippen molar-refractivity contribution in [3.05, 3.63) is 67.1 Å². The fourth-order valence-corrected chi connectivity index (χ4v) is 2.73. The van der Waals surface area contributed by atoms with Crippen LogP contribution in [0.15, 0.2) is 40.9 Å². The van der Waals surface area contributed by atoms with Crippen molar-refractivity contribution in [2.75, 3.05) is 0 Å². The zero-order valence-electron chi connectivity index (χ0n) is 8.88. The molecule has 92 valence electrons. The predicted molar refractivity (Wildman–Crippen MR) is 79.0 cm³/mol. The molecule has 2 aromatic rings.